The van der Waals surface area contributed by atoms with Crippen LogP contribution in [0.5, 0.6) is 0 Å². The zero-order valence-corrected chi connectivity index (χ0v) is 7.91. The van der Waals surface area contributed by atoms with Crippen LogP contribution in [0, 0.1) is 0 Å². The van der Waals surface area contributed by atoms with Crippen LogP contribution in [0.4, 0.5) is 0 Å². The number of rotatable bonds is 1. The second-order valence-corrected chi connectivity index (χ2v) is 3.31. The molecule has 1 aromatic carbocycles. The van der Waals surface area contributed by atoms with E-state index in [1.165, 1.54) is 0 Å². The Morgan fingerprint density at radius 1 is 1.54 bits per heavy atom. The molecule has 0 radical (unpaired) electrons. The number of benzene rings is 1. The number of hydrogen-bond donors (Lipinski definition) is 1. The lowest BCUT2D eigenvalue weighted by atomic mass is 10.2. The maximum absolute atomic E-state index is 10.6. The third-order valence-electron chi connectivity index (χ3n) is 1.65. The summed E-state index contributed by atoms with van der Waals surface area (Å²) in [6.07, 6.45) is 0. The number of aromatic carboxylic acids is 1. The molecule has 0 spiro atoms. The van der Waals surface area contributed by atoms with E-state index in [9.17, 15) is 4.79 Å². The summed E-state index contributed by atoms with van der Waals surface area (Å²) in [4.78, 5) is 10.6. The molecule has 0 bridgehead atoms. The summed E-state index contributed by atoms with van der Waals surface area (Å²) in [6, 6.07) is 5.16. The molecule has 0 saturated heterocycles. The van der Waals surface area contributed by atoms with Crippen molar-refractivity contribution >= 4 is 32.8 Å². The van der Waals surface area contributed by atoms with Crippen molar-refractivity contribution in [1.29, 1.82) is 0 Å². The van der Waals surface area contributed by atoms with Crippen molar-refractivity contribution in [2.24, 2.45) is 0 Å². The highest BCUT2D eigenvalue weighted by atomic mass is 79.9. The van der Waals surface area contributed by atoms with Gasteiger partial charge in [0.15, 0.2) is 0 Å². The zero-order chi connectivity index (χ0) is 9.42. The van der Waals surface area contributed by atoms with Gasteiger partial charge in [-0.15, -0.1) is 0 Å². The summed E-state index contributed by atoms with van der Waals surface area (Å²) >= 11 is 3.24. The number of carboxylic acids is 1. The van der Waals surface area contributed by atoms with Gasteiger partial charge in [-0.2, -0.15) is 0 Å². The molecule has 4 nitrogen and oxygen atoms in total. The highest BCUT2D eigenvalue weighted by molar-refractivity contribution is 9.10. The van der Waals surface area contributed by atoms with Gasteiger partial charge in [-0.05, 0) is 28.1 Å². The Kier molecular flexibility index (Phi) is 1.81. The van der Waals surface area contributed by atoms with Crippen molar-refractivity contribution in [2.45, 2.75) is 0 Å². The van der Waals surface area contributed by atoms with Crippen LogP contribution >= 0.6 is 15.9 Å². The molecular weight excluding hydrogens is 238 g/mol. The highest BCUT2D eigenvalue weighted by Crippen LogP contribution is 2.25. The van der Waals surface area contributed by atoms with Crippen molar-refractivity contribution in [1.82, 2.24) is 5.16 Å². The summed E-state index contributed by atoms with van der Waals surface area (Å²) < 4.78 is 5.40. The molecule has 0 aliphatic rings. The normalized spacial score (nSPS) is 10.5. The van der Waals surface area contributed by atoms with E-state index < -0.39 is 5.97 Å². The van der Waals surface area contributed by atoms with Gasteiger partial charge in [0.05, 0.1) is 5.39 Å². The van der Waals surface area contributed by atoms with Crippen molar-refractivity contribution in [3.8, 4) is 0 Å². The van der Waals surface area contributed by atoms with Crippen LogP contribution in [0.2, 0.25) is 0 Å². The van der Waals surface area contributed by atoms with Gasteiger partial charge in [-0.25, -0.2) is 4.79 Å². The van der Waals surface area contributed by atoms with Gasteiger partial charge in [-0.3, -0.25) is 0 Å². The van der Waals surface area contributed by atoms with Gasteiger partial charge in [0.1, 0.15) is 5.52 Å². The van der Waals surface area contributed by atoms with E-state index in [0.717, 1.165) is 4.47 Å². The predicted octanol–water partition coefficient (Wildman–Crippen LogP) is 2.29. The first-order valence-corrected chi connectivity index (χ1v) is 4.26. The fourth-order valence-electron chi connectivity index (χ4n) is 1.09. The Bertz CT molecular complexity index is 477. The molecule has 0 saturated carbocycles. The lowest BCUT2D eigenvalue weighted by Crippen LogP contribution is -1.93. The number of carbonyl (C=O) groups is 1. The molecule has 1 aromatic heterocycles. The fraction of sp³-hybridized carbons (Fsp3) is 0. The van der Waals surface area contributed by atoms with Gasteiger partial charge in [0.2, 0.25) is 0 Å². The largest absolute Gasteiger partial charge is 0.475 e. The summed E-state index contributed by atoms with van der Waals surface area (Å²) in [5.41, 5.74) is 0.528. The molecule has 0 aliphatic heterocycles. The lowest BCUT2D eigenvalue weighted by Gasteiger charge is -1.89. The van der Waals surface area contributed by atoms with E-state index in [-0.39, 0.29) is 5.76 Å². The number of aromatic nitrogens is 1. The molecule has 2 aromatic rings. The quantitative estimate of drug-likeness (QED) is 0.833. The van der Waals surface area contributed by atoms with Crippen LogP contribution in [0.25, 0.3) is 10.9 Å². The molecule has 0 amide bonds. The van der Waals surface area contributed by atoms with Crippen LogP contribution in [0.1, 0.15) is 10.6 Å². The van der Waals surface area contributed by atoms with Gasteiger partial charge in [0.25, 0.3) is 5.76 Å². The Labute approximate surface area is 81.3 Å². The van der Waals surface area contributed by atoms with Crippen molar-refractivity contribution in [3.05, 3.63) is 28.4 Å². The van der Waals surface area contributed by atoms with Crippen LogP contribution in [-0.2, 0) is 0 Å². The van der Waals surface area contributed by atoms with Crippen LogP contribution < -0.4 is 0 Å². The summed E-state index contributed by atoms with van der Waals surface area (Å²) in [7, 11) is 0. The Hall–Kier alpha value is -1.36. The van der Waals surface area contributed by atoms with Crippen molar-refractivity contribution < 1.29 is 14.4 Å². The Balaban J connectivity index is 2.83. The van der Waals surface area contributed by atoms with Gasteiger partial charge < -0.3 is 9.63 Å². The molecular formula is C8H4BrNO3. The molecule has 1 N–H and O–H groups in total. The number of nitrogens with zero attached hydrogens (tertiary/aromatic N) is 1. The van der Waals surface area contributed by atoms with E-state index in [1.807, 2.05) is 0 Å². The second kappa shape index (κ2) is 2.85. The Morgan fingerprint density at radius 2 is 2.31 bits per heavy atom. The second-order valence-electron chi connectivity index (χ2n) is 2.45. The van der Waals surface area contributed by atoms with Crippen LogP contribution in [-0.4, -0.2) is 16.2 Å². The summed E-state index contributed by atoms with van der Waals surface area (Å²) in [5.74, 6) is -1.24. The first kappa shape index (κ1) is 8.25. The highest BCUT2D eigenvalue weighted by Gasteiger charge is 2.15. The number of halogens is 1. The van der Waals surface area contributed by atoms with E-state index in [0.29, 0.717) is 10.9 Å². The Morgan fingerprint density at radius 3 is 3.00 bits per heavy atom. The molecule has 0 atom stereocenters. The molecule has 5 heteroatoms. The number of carboxylic acid groups (broad SMARTS) is 1. The molecule has 13 heavy (non-hydrogen) atoms. The van der Waals surface area contributed by atoms with Crippen LogP contribution in [0.3, 0.4) is 0 Å². The van der Waals surface area contributed by atoms with Gasteiger partial charge >= 0.3 is 5.97 Å². The first-order chi connectivity index (χ1) is 6.20. The third-order valence-corrected chi connectivity index (χ3v) is 2.29. The number of fused-ring (bicyclic) bond motifs is 1. The SMILES string of the molecule is O=C(O)c1onc2c(Br)cccc12. The summed E-state index contributed by atoms with van der Waals surface area (Å²) in [5, 5.41) is 12.9. The minimum Gasteiger partial charge on any atom is -0.475 e. The first-order valence-electron chi connectivity index (χ1n) is 3.47. The zero-order valence-electron chi connectivity index (χ0n) is 6.32. The van der Waals surface area contributed by atoms with E-state index in [2.05, 4.69) is 25.6 Å². The average molecular weight is 242 g/mol. The van der Waals surface area contributed by atoms with E-state index >= 15 is 0 Å². The molecule has 2 rings (SSSR count). The smallest absolute Gasteiger partial charge is 0.375 e. The molecule has 0 unspecified atom stereocenters. The number of hydrogen-bond acceptors (Lipinski definition) is 3. The van der Waals surface area contributed by atoms with Crippen molar-refractivity contribution in [3.63, 3.8) is 0 Å². The van der Waals surface area contributed by atoms with Crippen molar-refractivity contribution in [2.75, 3.05) is 0 Å². The van der Waals surface area contributed by atoms with Crippen LogP contribution in [0.15, 0.2) is 27.2 Å². The fourth-order valence-corrected chi connectivity index (χ4v) is 1.52. The maximum Gasteiger partial charge on any atom is 0.375 e. The topological polar surface area (TPSA) is 63.3 Å². The molecule has 0 aliphatic carbocycles. The van der Waals surface area contributed by atoms with Gasteiger partial charge in [-0.1, -0.05) is 11.2 Å². The average Bonchev–Trinajstić information content (AvgIpc) is 2.48. The minimum atomic E-state index is -1.11. The maximum atomic E-state index is 10.6. The third kappa shape index (κ3) is 1.21. The standard InChI is InChI=1S/C8H4BrNO3/c9-5-3-1-2-4-6(5)10-13-7(4)8(11)12/h1-3H,(H,11,12). The minimum absolute atomic E-state index is 0.128. The summed E-state index contributed by atoms with van der Waals surface area (Å²) in [6.45, 7) is 0. The predicted molar refractivity (Wildman–Crippen MR) is 48.7 cm³/mol. The van der Waals surface area contributed by atoms with Gasteiger partial charge in [0, 0.05) is 4.47 Å². The lowest BCUT2D eigenvalue weighted by molar-refractivity contribution is 0.0655. The molecule has 66 valence electrons. The molecule has 1 heterocycles. The molecule has 0 fully saturated rings. The monoisotopic (exact) mass is 241 g/mol. The van der Waals surface area contributed by atoms with E-state index in [4.69, 9.17) is 5.11 Å². The van der Waals surface area contributed by atoms with E-state index in [1.54, 1.807) is 18.2 Å².